The lowest BCUT2D eigenvalue weighted by Crippen LogP contribution is -2.37. The molecular formula is C16H23N3O. The molecule has 0 unspecified atom stereocenters. The molecule has 1 aromatic heterocycles. The predicted octanol–water partition coefficient (Wildman–Crippen LogP) is 3.82. The van der Waals surface area contributed by atoms with Gasteiger partial charge in [0, 0.05) is 13.1 Å². The number of para-hydroxylation sites is 1. The third kappa shape index (κ3) is 2.35. The van der Waals surface area contributed by atoms with Crippen molar-refractivity contribution >= 4 is 22.8 Å². The van der Waals surface area contributed by atoms with Gasteiger partial charge in [0.2, 0.25) is 0 Å². The smallest absolute Gasteiger partial charge is 0.298 e. The molecule has 1 aliphatic carbocycles. The van der Waals surface area contributed by atoms with Crippen molar-refractivity contribution in [2.75, 3.05) is 17.7 Å². The van der Waals surface area contributed by atoms with Gasteiger partial charge in [0.25, 0.3) is 6.01 Å². The molecule has 3 rings (SSSR count). The molecule has 20 heavy (non-hydrogen) atoms. The second-order valence-electron chi connectivity index (χ2n) is 6.70. The number of benzene rings is 1. The number of aromatic nitrogens is 1. The summed E-state index contributed by atoms with van der Waals surface area (Å²) in [6.45, 7) is 4.70. The summed E-state index contributed by atoms with van der Waals surface area (Å²) < 4.78 is 5.85. The van der Waals surface area contributed by atoms with Gasteiger partial charge in [-0.25, -0.2) is 0 Å². The molecular weight excluding hydrogens is 250 g/mol. The maximum Gasteiger partial charge on any atom is 0.298 e. The third-order valence-electron chi connectivity index (χ3n) is 4.60. The largest absolute Gasteiger partial charge is 0.423 e. The number of fused-ring (bicyclic) bond motifs is 1. The predicted molar refractivity (Wildman–Crippen MR) is 82.9 cm³/mol. The fourth-order valence-electron chi connectivity index (χ4n) is 3.04. The van der Waals surface area contributed by atoms with Gasteiger partial charge in [0.05, 0.1) is 5.69 Å². The molecule has 0 spiro atoms. The van der Waals surface area contributed by atoms with E-state index in [1.54, 1.807) is 0 Å². The Kier molecular flexibility index (Phi) is 3.11. The molecule has 1 aromatic carbocycles. The van der Waals surface area contributed by atoms with E-state index in [9.17, 15) is 0 Å². The van der Waals surface area contributed by atoms with Crippen molar-refractivity contribution in [2.24, 2.45) is 5.41 Å². The van der Waals surface area contributed by atoms with Crippen LogP contribution in [0.2, 0.25) is 0 Å². The van der Waals surface area contributed by atoms with Gasteiger partial charge >= 0.3 is 0 Å². The molecule has 1 saturated carbocycles. The van der Waals surface area contributed by atoms with Gasteiger partial charge in [-0.3, -0.25) is 0 Å². The zero-order chi connectivity index (χ0) is 14.3. The van der Waals surface area contributed by atoms with Gasteiger partial charge in [-0.1, -0.05) is 19.9 Å². The summed E-state index contributed by atoms with van der Waals surface area (Å²) in [4.78, 5) is 6.73. The standard InChI is InChI=1S/C16H23N3O/c1-16(2)9-7-11(8-10-16)19(3)15-18-14-12(17)5-4-6-13(14)20-15/h4-6,11H,7-10,17H2,1-3H3. The van der Waals surface area contributed by atoms with Crippen molar-refractivity contribution in [1.82, 2.24) is 4.98 Å². The first-order chi connectivity index (χ1) is 9.46. The van der Waals surface area contributed by atoms with Crippen LogP contribution >= 0.6 is 0 Å². The average Bonchev–Trinajstić information content (AvgIpc) is 2.83. The van der Waals surface area contributed by atoms with Crippen LogP contribution in [0.1, 0.15) is 39.5 Å². The molecule has 4 nitrogen and oxygen atoms in total. The molecule has 2 N–H and O–H groups in total. The summed E-state index contributed by atoms with van der Waals surface area (Å²) in [5.41, 5.74) is 8.63. The van der Waals surface area contributed by atoms with E-state index in [1.165, 1.54) is 25.7 Å². The van der Waals surface area contributed by atoms with E-state index in [4.69, 9.17) is 10.2 Å². The van der Waals surface area contributed by atoms with E-state index >= 15 is 0 Å². The number of nitrogens with zero attached hydrogens (tertiary/aromatic N) is 2. The Balaban J connectivity index is 1.82. The van der Waals surface area contributed by atoms with E-state index in [0.29, 0.717) is 23.2 Å². The van der Waals surface area contributed by atoms with E-state index in [1.807, 2.05) is 18.2 Å². The molecule has 4 heteroatoms. The minimum atomic E-state index is 0.475. The topological polar surface area (TPSA) is 55.3 Å². The molecule has 108 valence electrons. The molecule has 1 aliphatic rings. The Morgan fingerprint density at radius 2 is 2.00 bits per heavy atom. The van der Waals surface area contributed by atoms with Crippen LogP contribution in [0.4, 0.5) is 11.7 Å². The molecule has 1 heterocycles. The molecule has 0 saturated heterocycles. The van der Waals surface area contributed by atoms with Gasteiger partial charge in [-0.15, -0.1) is 0 Å². The highest BCUT2D eigenvalue weighted by atomic mass is 16.4. The summed E-state index contributed by atoms with van der Waals surface area (Å²) in [5, 5.41) is 0. The first-order valence-electron chi connectivity index (χ1n) is 7.34. The van der Waals surface area contributed by atoms with Crippen LogP contribution in [-0.2, 0) is 0 Å². The molecule has 0 amide bonds. The fraction of sp³-hybridized carbons (Fsp3) is 0.562. The van der Waals surface area contributed by atoms with E-state index in [-0.39, 0.29) is 0 Å². The number of rotatable bonds is 2. The summed E-state index contributed by atoms with van der Waals surface area (Å²) in [6.07, 6.45) is 4.89. The number of anilines is 2. The second-order valence-corrected chi connectivity index (χ2v) is 6.70. The zero-order valence-electron chi connectivity index (χ0n) is 12.5. The summed E-state index contributed by atoms with van der Waals surface area (Å²) >= 11 is 0. The monoisotopic (exact) mass is 273 g/mol. The number of hydrogen-bond acceptors (Lipinski definition) is 4. The molecule has 0 bridgehead atoms. The summed E-state index contributed by atoms with van der Waals surface area (Å²) in [6, 6.07) is 6.87. The lowest BCUT2D eigenvalue weighted by molar-refractivity contribution is 0.220. The first kappa shape index (κ1) is 13.3. The van der Waals surface area contributed by atoms with E-state index in [2.05, 4.69) is 30.8 Å². The van der Waals surface area contributed by atoms with E-state index in [0.717, 1.165) is 11.1 Å². The minimum Gasteiger partial charge on any atom is -0.423 e. The Bertz CT molecular complexity index is 607. The highest BCUT2D eigenvalue weighted by Crippen LogP contribution is 2.38. The van der Waals surface area contributed by atoms with Crippen molar-refractivity contribution in [2.45, 2.75) is 45.6 Å². The lowest BCUT2D eigenvalue weighted by Gasteiger charge is -2.37. The van der Waals surface area contributed by atoms with Crippen LogP contribution in [0.3, 0.4) is 0 Å². The van der Waals surface area contributed by atoms with Crippen molar-refractivity contribution in [3.8, 4) is 0 Å². The number of nitrogens with two attached hydrogens (primary N) is 1. The SMILES string of the molecule is CN(c1nc2c(N)cccc2o1)C1CCC(C)(C)CC1. The van der Waals surface area contributed by atoms with Gasteiger partial charge in [-0.05, 0) is 43.2 Å². The van der Waals surface area contributed by atoms with Crippen LogP contribution < -0.4 is 10.6 Å². The molecule has 0 atom stereocenters. The second kappa shape index (κ2) is 4.69. The summed E-state index contributed by atoms with van der Waals surface area (Å²) in [7, 11) is 2.07. The van der Waals surface area contributed by atoms with Crippen LogP contribution in [0.15, 0.2) is 22.6 Å². The van der Waals surface area contributed by atoms with Crippen LogP contribution in [0, 0.1) is 5.41 Å². The maximum atomic E-state index is 5.94. The molecule has 2 aromatic rings. The Morgan fingerprint density at radius 1 is 1.30 bits per heavy atom. The number of hydrogen-bond donors (Lipinski definition) is 1. The van der Waals surface area contributed by atoms with Crippen molar-refractivity contribution < 1.29 is 4.42 Å². The molecule has 1 fully saturated rings. The number of oxazole rings is 1. The third-order valence-corrected chi connectivity index (χ3v) is 4.60. The Hall–Kier alpha value is -1.71. The summed E-state index contributed by atoms with van der Waals surface area (Å²) in [5.74, 6) is 0. The maximum absolute atomic E-state index is 5.94. The van der Waals surface area contributed by atoms with Gasteiger partial charge < -0.3 is 15.1 Å². The van der Waals surface area contributed by atoms with Gasteiger partial charge in [0.15, 0.2) is 5.58 Å². The molecule has 0 aliphatic heterocycles. The van der Waals surface area contributed by atoms with Crippen LogP contribution in [0.5, 0.6) is 0 Å². The van der Waals surface area contributed by atoms with Gasteiger partial charge in [-0.2, -0.15) is 4.98 Å². The van der Waals surface area contributed by atoms with Crippen LogP contribution in [-0.4, -0.2) is 18.1 Å². The normalized spacial score (nSPS) is 19.4. The Labute approximate surface area is 120 Å². The first-order valence-corrected chi connectivity index (χ1v) is 7.34. The highest BCUT2D eigenvalue weighted by Gasteiger charge is 2.30. The van der Waals surface area contributed by atoms with Crippen molar-refractivity contribution in [1.29, 1.82) is 0 Å². The average molecular weight is 273 g/mol. The minimum absolute atomic E-state index is 0.475. The molecule has 0 radical (unpaired) electrons. The van der Waals surface area contributed by atoms with E-state index < -0.39 is 0 Å². The lowest BCUT2D eigenvalue weighted by atomic mass is 9.75. The van der Waals surface area contributed by atoms with Crippen molar-refractivity contribution in [3.63, 3.8) is 0 Å². The Morgan fingerprint density at radius 3 is 2.65 bits per heavy atom. The van der Waals surface area contributed by atoms with Gasteiger partial charge in [0.1, 0.15) is 5.52 Å². The fourth-order valence-corrected chi connectivity index (χ4v) is 3.04. The van der Waals surface area contributed by atoms with Crippen LogP contribution in [0.25, 0.3) is 11.1 Å². The number of nitrogen functional groups attached to an aromatic ring is 1. The highest BCUT2D eigenvalue weighted by molar-refractivity contribution is 5.86. The van der Waals surface area contributed by atoms with Crippen molar-refractivity contribution in [3.05, 3.63) is 18.2 Å². The quantitative estimate of drug-likeness (QED) is 0.845. The zero-order valence-corrected chi connectivity index (χ0v) is 12.5.